The molecule has 0 fully saturated rings. The van der Waals surface area contributed by atoms with Crippen LogP contribution in [0.1, 0.15) is 87.0 Å². The fourth-order valence-electron chi connectivity index (χ4n) is 5.30. The standard InChI is InChI=1S/C36H44N2O2/c1-35(2,3)29-21-13-19-27(33(29)39)23-37-31(25-15-9-7-10-16-25)32(26-17-11-8-12-18-26)38-24-28-20-14-22-30(34(28)40)36(4,5)6/h7-22,31-32,37-40H,23-24H2,1-6H3/t31-,32?/m1/s1. The highest BCUT2D eigenvalue weighted by atomic mass is 16.3. The summed E-state index contributed by atoms with van der Waals surface area (Å²) < 4.78 is 0. The second-order valence-corrected chi connectivity index (χ2v) is 12.7. The van der Waals surface area contributed by atoms with E-state index in [4.69, 9.17) is 0 Å². The Bertz CT molecular complexity index is 1280. The lowest BCUT2D eigenvalue weighted by Crippen LogP contribution is -2.35. The lowest BCUT2D eigenvalue weighted by Gasteiger charge is -2.31. The largest absolute Gasteiger partial charge is 0.507 e. The third-order valence-corrected chi connectivity index (χ3v) is 7.53. The smallest absolute Gasteiger partial charge is 0.123 e. The number of nitrogens with one attached hydrogen (secondary N) is 2. The zero-order chi connectivity index (χ0) is 28.9. The van der Waals surface area contributed by atoms with Gasteiger partial charge in [-0.05, 0) is 33.1 Å². The van der Waals surface area contributed by atoms with Crippen LogP contribution in [0.15, 0.2) is 97.1 Å². The van der Waals surface area contributed by atoms with Crippen LogP contribution >= 0.6 is 0 Å². The summed E-state index contributed by atoms with van der Waals surface area (Å²) in [6, 6.07) is 32.6. The van der Waals surface area contributed by atoms with Gasteiger partial charge in [-0.3, -0.25) is 0 Å². The minimum absolute atomic E-state index is 0.103. The van der Waals surface area contributed by atoms with Gasteiger partial charge in [0.25, 0.3) is 0 Å². The van der Waals surface area contributed by atoms with Crippen molar-refractivity contribution in [2.45, 2.75) is 77.5 Å². The molecule has 4 aromatic carbocycles. The van der Waals surface area contributed by atoms with Crippen molar-refractivity contribution in [3.05, 3.63) is 130 Å². The molecule has 1 unspecified atom stereocenters. The first-order chi connectivity index (χ1) is 19.0. The molecule has 4 nitrogen and oxygen atoms in total. The van der Waals surface area contributed by atoms with E-state index >= 15 is 0 Å². The molecule has 4 aromatic rings. The Hall–Kier alpha value is -3.60. The van der Waals surface area contributed by atoms with Gasteiger partial charge in [0.15, 0.2) is 0 Å². The summed E-state index contributed by atoms with van der Waals surface area (Å²) in [5, 5.41) is 29.9. The van der Waals surface area contributed by atoms with Crippen LogP contribution in [0.5, 0.6) is 11.5 Å². The van der Waals surface area contributed by atoms with Gasteiger partial charge in [0, 0.05) is 24.2 Å². The van der Waals surface area contributed by atoms with Gasteiger partial charge in [0.2, 0.25) is 0 Å². The predicted octanol–water partition coefficient (Wildman–Crippen LogP) is 8.05. The van der Waals surface area contributed by atoms with Crippen LogP contribution in [0.2, 0.25) is 0 Å². The molecule has 4 heteroatoms. The van der Waals surface area contributed by atoms with E-state index in [0.29, 0.717) is 24.6 Å². The molecule has 0 aliphatic heterocycles. The van der Waals surface area contributed by atoms with Gasteiger partial charge >= 0.3 is 0 Å². The van der Waals surface area contributed by atoms with Gasteiger partial charge in [-0.15, -0.1) is 0 Å². The van der Waals surface area contributed by atoms with Gasteiger partial charge in [-0.25, -0.2) is 0 Å². The third kappa shape index (κ3) is 6.93. The second kappa shape index (κ2) is 12.3. The SMILES string of the molecule is CC(C)(C)c1cccc(CNC(c2ccccc2)[C@H](NCc2cccc(C(C)(C)C)c2O)c2ccccc2)c1O. The Morgan fingerprint density at radius 2 is 0.850 bits per heavy atom. The highest BCUT2D eigenvalue weighted by molar-refractivity contribution is 5.45. The summed E-state index contributed by atoms with van der Waals surface area (Å²) in [4.78, 5) is 0. The van der Waals surface area contributed by atoms with Crippen LogP contribution in [0.4, 0.5) is 0 Å². The van der Waals surface area contributed by atoms with Crippen LogP contribution in [-0.2, 0) is 23.9 Å². The lowest BCUT2D eigenvalue weighted by molar-refractivity contribution is 0.370. The molecule has 210 valence electrons. The minimum atomic E-state index is -0.156. The molecule has 2 atom stereocenters. The Morgan fingerprint density at radius 3 is 1.18 bits per heavy atom. The average Bonchev–Trinajstić information content (AvgIpc) is 2.91. The van der Waals surface area contributed by atoms with E-state index in [-0.39, 0.29) is 22.9 Å². The van der Waals surface area contributed by atoms with Crippen molar-refractivity contribution in [2.24, 2.45) is 0 Å². The number of hydrogen-bond donors (Lipinski definition) is 4. The maximum atomic E-state index is 11.2. The second-order valence-electron chi connectivity index (χ2n) is 12.7. The van der Waals surface area contributed by atoms with E-state index in [1.807, 2.05) is 48.5 Å². The fraction of sp³-hybridized carbons (Fsp3) is 0.333. The van der Waals surface area contributed by atoms with Crippen molar-refractivity contribution in [1.82, 2.24) is 10.6 Å². The number of aromatic hydroxyl groups is 2. The van der Waals surface area contributed by atoms with Crippen LogP contribution in [0.3, 0.4) is 0 Å². The summed E-state index contributed by atoms with van der Waals surface area (Å²) in [6.07, 6.45) is 0. The maximum Gasteiger partial charge on any atom is 0.123 e. The summed E-state index contributed by atoms with van der Waals surface area (Å²) in [6.45, 7) is 13.7. The first kappa shape index (κ1) is 29.4. The molecule has 4 rings (SSSR count). The van der Waals surface area contributed by atoms with Crippen molar-refractivity contribution >= 4 is 0 Å². The molecule has 4 N–H and O–H groups in total. The van der Waals surface area contributed by atoms with Gasteiger partial charge < -0.3 is 20.8 Å². The van der Waals surface area contributed by atoms with E-state index in [0.717, 1.165) is 33.4 Å². The first-order valence-corrected chi connectivity index (χ1v) is 14.2. The molecule has 0 bridgehead atoms. The molecular weight excluding hydrogens is 492 g/mol. The fourth-order valence-corrected chi connectivity index (χ4v) is 5.30. The summed E-state index contributed by atoms with van der Waals surface area (Å²) in [7, 11) is 0. The van der Waals surface area contributed by atoms with Crippen molar-refractivity contribution in [2.75, 3.05) is 0 Å². The van der Waals surface area contributed by atoms with Crippen molar-refractivity contribution in [3.63, 3.8) is 0 Å². The van der Waals surface area contributed by atoms with Gasteiger partial charge in [-0.2, -0.15) is 0 Å². The Morgan fingerprint density at radius 1 is 0.500 bits per heavy atom. The Kier molecular flexibility index (Phi) is 9.02. The lowest BCUT2D eigenvalue weighted by atomic mass is 9.85. The predicted molar refractivity (Wildman–Crippen MR) is 166 cm³/mol. The van der Waals surface area contributed by atoms with E-state index in [9.17, 15) is 10.2 Å². The molecular formula is C36H44N2O2. The molecule has 0 saturated carbocycles. The summed E-state index contributed by atoms with van der Waals surface area (Å²) in [5.41, 5.74) is 5.59. The Balaban J connectivity index is 1.69. The van der Waals surface area contributed by atoms with Gasteiger partial charge in [0.1, 0.15) is 11.5 Å². The molecule has 0 amide bonds. The van der Waals surface area contributed by atoms with E-state index in [1.54, 1.807) is 0 Å². The van der Waals surface area contributed by atoms with Crippen molar-refractivity contribution in [3.8, 4) is 11.5 Å². The maximum absolute atomic E-state index is 11.2. The number of benzene rings is 4. The highest BCUT2D eigenvalue weighted by Crippen LogP contribution is 2.36. The molecule has 0 heterocycles. The quantitative estimate of drug-likeness (QED) is 0.175. The monoisotopic (exact) mass is 536 g/mol. The van der Waals surface area contributed by atoms with Crippen molar-refractivity contribution in [1.29, 1.82) is 0 Å². The molecule has 0 aliphatic rings. The topological polar surface area (TPSA) is 64.5 Å². The van der Waals surface area contributed by atoms with E-state index < -0.39 is 0 Å². The zero-order valence-corrected chi connectivity index (χ0v) is 24.7. The third-order valence-electron chi connectivity index (χ3n) is 7.53. The number of rotatable bonds is 9. The van der Waals surface area contributed by atoms with Crippen LogP contribution in [0.25, 0.3) is 0 Å². The zero-order valence-electron chi connectivity index (χ0n) is 24.7. The highest BCUT2D eigenvalue weighted by Gasteiger charge is 2.27. The molecule has 0 aromatic heterocycles. The van der Waals surface area contributed by atoms with E-state index in [2.05, 4.69) is 101 Å². The summed E-state index contributed by atoms with van der Waals surface area (Å²) >= 11 is 0. The molecule has 0 radical (unpaired) electrons. The first-order valence-electron chi connectivity index (χ1n) is 14.2. The van der Waals surface area contributed by atoms with Crippen LogP contribution in [-0.4, -0.2) is 10.2 Å². The molecule has 0 aliphatic carbocycles. The number of phenols is 2. The van der Waals surface area contributed by atoms with Gasteiger partial charge in [-0.1, -0.05) is 139 Å². The van der Waals surface area contributed by atoms with Crippen molar-refractivity contribution < 1.29 is 10.2 Å². The Labute approximate surface area is 240 Å². The normalized spacial score (nSPS) is 13.7. The number of para-hydroxylation sites is 2. The number of hydrogen-bond acceptors (Lipinski definition) is 4. The van der Waals surface area contributed by atoms with Gasteiger partial charge in [0.05, 0.1) is 12.1 Å². The molecule has 0 saturated heterocycles. The minimum Gasteiger partial charge on any atom is -0.507 e. The number of phenolic OH excluding ortho intramolecular Hbond substituents is 2. The van der Waals surface area contributed by atoms with Crippen LogP contribution < -0.4 is 10.6 Å². The summed E-state index contributed by atoms with van der Waals surface area (Å²) in [5.74, 6) is 0.699. The van der Waals surface area contributed by atoms with E-state index in [1.165, 1.54) is 0 Å². The average molecular weight is 537 g/mol. The molecule has 0 spiro atoms. The van der Waals surface area contributed by atoms with Crippen LogP contribution in [0, 0.1) is 0 Å². The molecule has 40 heavy (non-hydrogen) atoms.